The summed E-state index contributed by atoms with van der Waals surface area (Å²) in [5.74, 6) is -1.00. The average molecular weight is 394 g/mol. The summed E-state index contributed by atoms with van der Waals surface area (Å²) in [6, 6.07) is 14.4. The van der Waals surface area contributed by atoms with Gasteiger partial charge in [0.25, 0.3) is 5.91 Å². The molecule has 3 rings (SSSR count). The summed E-state index contributed by atoms with van der Waals surface area (Å²) in [5, 5.41) is 2.89. The first-order valence-corrected chi connectivity index (χ1v) is 9.75. The Kier molecular flexibility index (Phi) is 6.49. The lowest BCUT2D eigenvalue weighted by atomic mass is 9.97. The highest BCUT2D eigenvalue weighted by Crippen LogP contribution is 2.23. The van der Waals surface area contributed by atoms with Crippen molar-refractivity contribution in [2.45, 2.75) is 19.3 Å². The maximum Gasteiger partial charge on any atom is 0.251 e. The second-order valence-corrected chi connectivity index (χ2v) is 7.30. The molecule has 1 heterocycles. The van der Waals surface area contributed by atoms with Crippen LogP contribution in [0.15, 0.2) is 48.5 Å². The molecule has 29 heavy (non-hydrogen) atoms. The Balaban J connectivity index is 1.53. The number of amides is 3. The summed E-state index contributed by atoms with van der Waals surface area (Å²) in [6.07, 6.45) is 2.36. The topological polar surface area (TPSA) is 119 Å². The van der Waals surface area contributed by atoms with Crippen LogP contribution in [0.3, 0.4) is 0 Å². The maximum atomic E-state index is 12.4. The standard InChI is InChI=1S/C22H26N4O3/c23-20(27)17-4-1-3-15(13-17)10-11-25-22(29)16-6-8-19(9-7-16)26-12-2-5-18(14-26)21(24)28/h1,3-4,6-9,13,18H,2,5,10-12,14H2,(H2,23,27)(H2,24,28)(H,25,29). The van der Waals surface area contributed by atoms with Crippen LogP contribution in [-0.2, 0) is 11.2 Å². The molecule has 0 spiro atoms. The molecule has 0 aliphatic carbocycles. The van der Waals surface area contributed by atoms with Gasteiger partial charge in [-0.2, -0.15) is 0 Å². The fourth-order valence-electron chi connectivity index (χ4n) is 3.57. The summed E-state index contributed by atoms with van der Waals surface area (Å²) in [5.41, 5.74) is 13.7. The zero-order valence-electron chi connectivity index (χ0n) is 16.3. The van der Waals surface area contributed by atoms with Crippen molar-refractivity contribution in [3.05, 3.63) is 65.2 Å². The molecule has 0 saturated carbocycles. The lowest BCUT2D eigenvalue weighted by molar-refractivity contribution is -0.122. The van der Waals surface area contributed by atoms with Crippen molar-refractivity contribution >= 4 is 23.4 Å². The highest BCUT2D eigenvalue weighted by atomic mass is 16.2. The van der Waals surface area contributed by atoms with Gasteiger partial charge in [-0.3, -0.25) is 14.4 Å². The lowest BCUT2D eigenvalue weighted by Crippen LogP contribution is -2.41. The minimum absolute atomic E-state index is 0.125. The number of hydrogen-bond donors (Lipinski definition) is 3. The van der Waals surface area contributed by atoms with Crippen LogP contribution in [0.2, 0.25) is 0 Å². The summed E-state index contributed by atoms with van der Waals surface area (Å²) in [6.45, 7) is 1.94. The number of benzene rings is 2. The Labute approximate surface area is 170 Å². The Morgan fingerprint density at radius 3 is 2.48 bits per heavy atom. The van der Waals surface area contributed by atoms with Crippen molar-refractivity contribution < 1.29 is 14.4 Å². The molecule has 0 aromatic heterocycles. The molecular formula is C22H26N4O3. The first-order chi connectivity index (χ1) is 13.9. The van der Waals surface area contributed by atoms with E-state index in [-0.39, 0.29) is 17.7 Å². The highest BCUT2D eigenvalue weighted by molar-refractivity contribution is 5.94. The van der Waals surface area contributed by atoms with Gasteiger partial charge in [0.05, 0.1) is 5.92 Å². The molecule has 1 atom stereocenters. The van der Waals surface area contributed by atoms with E-state index in [1.54, 1.807) is 30.3 Å². The zero-order chi connectivity index (χ0) is 20.8. The van der Waals surface area contributed by atoms with Crippen molar-refractivity contribution in [2.24, 2.45) is 17.4 Å². The summed E-state index contributed by atoms with van der Waals surface area (Å²) in [4.78, 5) is 37.2. The summed E-state index contributed by atoms with van der Waals surface area (Å²) in [7, 11) is 0. The molecule has 2 aromatic carbocycles. The van der Waals surface area contributed by atoms with Gasteiger partial charge in [0.2, 0.25) is 11.8 Å². The molecule has 7 heteroatoms. The number of primary amides is 2. The first kappa shape index (κ1) is 20.4. The summed E-state index contributed by atoms with van der Waals surface area (Å²) >= 11 is 0. The molecular weight excluding hydrogens is 368 g/mol. The van der Waals surface area contributed by atoms with Crippen molar-refractivity contribution in [1.29, 1.82) is 0 Å². The van der Waals surface area contributed by atoms with Crippen LogP contribution in [0.25, 0.3) is 0 Å². The molecule has 1 unspecified atom stereocenters. The van der Waals surface area contributed by atoms with Gasteiger partial charge in [0.1, 0.15) is 0 Å². The highest BCUT2D eigenvalue weighted by Gasteiger charge is 2.24. The molecule has 1 saturated heterocycles. The van der Waals surface area contributed by atoms with E-state index < -0.39 is 5.91 Å². The zero-order valence-corrected chi connectivity index (χ0v) is 16.3. The smallest absolute Gasteiger partial charge is 0.251 e. The molecule has 1 fully saturated rings. The Hall–Kier alpha value is -3.35. The Bertz CT molecular complexity index is 895. The van der Waals surface area contributed by atoms with Gasteiger partial charge in [-0.25, -0.2) is 0 Å². The molecule has 152 valence electrons. The number of nitrogens with one attached hydrogen (secondary N) is 1. The Morgan fingerprint density at radius 1 is 1.03 bits per heavy atom. The third kappa shape index (κ3) is 5.34. The number of nitrogens with zero attached hydrogens (tertiary/aromatic N) is 1. The second kappa shape index (κ2) is 9.23. The molecule has 1 aliphatic heterocycles. The first-order valence-electron chi connectivity index (χ1n) is 9.75. The van der Waals surface area contributed by atoms with E-state index in [0.29, 0.717) is 30.6 Å². The molecule has 5 N–H and O–H groups in total. The predicted molar refractivity (Wildman–Crippen MR) is 112 cm³/mol. The monoisotopic (exact) mass is 394 g/mol. The Morgan fingerprint density at radius 2 is 1.79 bits per heavy atom. The molecule has 7 nitrogen and oxygen atoms in total. The van der Waals surface area contributed by atoms with E-state index >= 15 is 0 Å². The molecule has 0 bridgehead atoms. The van der Waals surface area contributed by atoms with Crippen molar-refractivity contribution in [3.8, 4) is 0 Å². The van der Waals surface area contributed by atoms with Gasteiger partial charge < -0.3 is 21.7 Å². The minimum atomic E-state index is -0.466. The van der Waals surface area contributed by atoms with Gasteiger partial charge in [-0.15, -0.1) is 0 Å². The van der Waals surface area contributed by atoms with E-state index in [0.717, 1.165) is 30.6 Å². The number of rotatable bonds is 7. The van der Waals surface area contributed by atoms with Gasteiger partial charge >= 0.3 is 0 Å². The number of hydrogen-bond acceptors (Lipinski definition) is 4. The minimum Gasteiger partial charge on any atom is -0.371 e. The summed E-state index contributed by atoms with van der Waals surface area (Å²) < 4.78 is 0. The molecule has 2 aromatic rings. The number of carbonyl (C=O) groups excluding carboxylic acids is 3. The fourth-order valence-corrected chi connectivity index (χ4v) is 3.57. The van der Waals surface area contributed by atoms with Gasteiger partial charge in [0.15, 0.2) is 0 Å². The van der Waals surface area contributed by atoms with Crippen LogP contribution in [0.4, 0.5) is 5.69 Å². The normalized spacial score (nSPS) is 16.3. The average Bonchev–Trinajstić information content (AvgIpc) is 2.74. The number of carbonyl (C=O) groups is 3. The van der Waals surface area contributed by atoms with E-state index in [2.05, 4.69) is 10.2 Å². The van der Waals surface area contributed by atoms with Gasteiger partial charge in [0, 0.05) is 36.4 Å². The third-order valence-electron chi connectivity index (χ3n) is 5.23. The second-order valence-electron chi connectivity index (χ2n) is 7.30. The van der Waals surface area contributed by atoms with Gasteiger partial charge in [-0.1, -0.05) is 12.1 Å². The SMILES string of the molecule is NC(=O)c1cccc(CCNC(=O)c2ccc(N3CCCC(C(N)=O)C3)cc2)c1. The van der Waals surface area contributed by atoms with E-state index in [1.165, 1.54) is 0 Å². The van der Waals surface area contributed by atoms with E-state index in [1.807, 2.05) is 18.2 Å². The van der Waals surface area contributed by atoms with Crippen LogP contribution in [0.1, 0.15) is 39.1 Å². The van der Waals surface area contributed by atoms with Crippen molar-refractivity contribution in [1.82, 2.24) is 5.32 Å². The molecule has 1 aliphatic rings. The maximum absolute atomic E-state index is 12.4. The largest absolute Gasteiger partial charge is 0.371 e. The van der Waals surface area contributed by atoms with Crippen LogP contribution in [-0.4, -0.2) is 37.4 Å². The quantitative estimate of drug-likeness (QED) is 0.659. The molecule has 3 amide bonds. The number of piperidine rings is 1. The third-order valence-corrected chi connectivity index (χ3v) is 5.23. The van der Waals surface area contributed by atoms with Crippen molar-refractivity contribution in [3.63, 3.8) is 0 Å². The number of anilines is 1. The van der Waals surface area contributed by atoms with Crippen LogP contribution in [0.5, 0.6) is 0 Å². The van der Waals surface area contributed by atoms with Gasteiger partial charge in [-0.05, 0) is 61.2 Å². The number of nitrogens with two attached hydrogens (primary N) is 2. The van der Waals surface area contributed by atoms with Crippen LogP contribution in [0, 0.1) is 5.92 Å². The predicted octanol–water partition coefficient (Wildman–Crippen LogP) is 1.46. The fraction of sp³-hybridized carbons (Fsp3) is 0.318. The van der Waals surface area contributed by atoms with Crippen LogP contribution < -0.4 is 21.7 Å². The van der Waals surface area contributed by atoms with Crippen molar-refractivity contribution in [2.75, 3.05) is 24.5 Å². The van der Waals surface area contributed by atoms with E-state index in [9.17, 15) is 14.4 Å². The van der Waals surface area contributed by atoms with E-state index in [4.69, 9.17) is 11.5 Å². The lowest BCUT2D eigenvalue weighted by Gasteiger charge is -2.33. The van der Waals surface area contributed by atoms with Crippen LogP contribution >= 0.6 is 0 Å². The molecule has 0 radical (unpaired) electrons.